The van der Waals surface area contributed by atoms with Gasteiger partial charge in [0.2, 0.25) is 5.91 Å². The van der Waals surface area contributed by atoms with Gasteiger partial charge in [0.05, 0.1) is 11.6 Å². The van der Waals surface area contributed by atoms with Crippen molar-refractivity contribution in [3.05, 3.63) is 18.6 Å². The molecular weight excluding hydrogens is 256 g/mol. The minimum atomic E-state index is -0.499. The van der Waals surface area contributed by atoms with Crippen LogP contribution in [-0.4, -0.2) is 40.4 Å². The Morgan fingerprint density at radius 1 is 1.55 bits per heavy atom. The van der Waals surface area contributed by atoms with E-state index in [2.05, 4.69) is 20.2 Å². The van der Waals surface area contributed by atoms with Crippen molar-refractivity contribution in [1.82, 2.24) is 14.4 Å². The molecule has 3 rings (SSSR count). The van der Waals surface area contributed by atoms with Crippen molar-refractivity contribution in [3.8, 4) is 0 Å². The molecule has 7 nitrogen and oxygen atoms in total. The van der Waals surface area contributed by atoms with Crippen molar-refractivity contribution in [2.75, 3.05) is 30.4 Å². The van der Waals surface area contributed by atoms with Gasteiger partial charge in [-0.15, -0.1) is 0 Å². The predicted octanol–water partition coefficient (Wildman–Crippen LogP) is 0.473. The molecule has 20 heavy (non-hydrogen) atoms. The topological polar surface area (TPSA) is 88.5 Å². The molecule has 7 heteroatoms. The molecule has 1 atom stereocenters. The highest BCUT2D eigenvalue weighted by molar-refractivity contribution is 5.82. The van der Waals surface area contributed by atoms with Crippen LogP contribution in [0.15, 0.2) is 18.6 Å². The van der Waals surface area contributed by atoms with Crippen molar-refractivity contribution < 1.29 is 4.79 Å². The normalized spacial score (nSPS) is 22.4. The SMILES string of the molecule is CNc1cn2ccnc2c(N2CCC(C)(C(N)=O)C2)n1. The van der Waals surface area contributed by atoms with Gasteiger partial charge in [-0.3, -0.25) is 4.79 Å². The summed E-state index contributed by atoms with van der Waals surface area (Å²) in [5, 5.41) is 3.04. The third-order valence-corrected chi connectivity index (χ3v) is 3.98. The highest BCUT2D eigenvalue weighted by Crippen LogP contribution is 2.33. The Kier molecular flexibility index (Phi) is 2.77. The van der Waals surface area contributed by atoms with Gasteiger partial charge >= 0.3 is 0 Å². The van der Waals surface area contributed by atoms with Crippen molar-refractivity contribution >= 4 is 23.2 Å². The van der Waals surface area contributed by atoms with Gasteiger partial charge in [0.25, 0.3) is 0 Å². The Morgan fingerprint density at radius 2 is 2.35 bits per heavy atom. The minimum absolute atomic E-state index is 0.260. The summed E-state index contributed by atoms with van der Waals surface area (Å²) in [5.41, 5.74) is 5.79. The summed E-state index contributed by atoms with van der Waals surface area (Å²) in [6.07, 6.45) is 6.24. The summed E-state index contributed by atoms with van der Waals surface area (Å²) in [6.45, 7) is 3.23. The first-order valence-electron chi connectivity index (χ1n) is 6.60. The fraction of sp³-hybridized carbons (Fsp3) is 0.462. The fourth-order valence-electron chi connectivity index (χ4n) is 2.59. The number of fused-ring (bicyclic) bond motifs is 1. The van der Waals surface area contributed by atoms with Crippen LogP contribution in [0, 0.1) is 5.41 Å². The van der Waals surface area contributed by atoms with Gasteiger partial charge in [-0.25, -0.2) is 9.97 Å². The van der Waals surface area contributed by atoms with E-state index in [-0.39, 0.29) is 5.91 Å². The molecule has 106 valence electrons. The second-order valence-electron chi connectivity index (χ2n) is 5.45. The monoisotopic (exact) mass is 274 g/mol. The van der Waals surface area contributed by atoms with Crippen LogP contribution in [0.25, 0.3) is 5.65 Å². The average molecular weight is 274 g/mol. The molecule has 1 aliphatic heterocycles. The zero-order valence-electron chi connectivity index (χ0n) is 11.6. The maximum Gasteiger partial charge on any atom is 0.225 e. The van der Waals surface area contributed by atoms with Gasteiger partial charge in [0.1, 0.15) is 5.82 Å². The molecule has 1 amide bonds. The lowest BCUT2D eigenvalue weighted by molar-refractivity contribution is -0.125. The number of nitrogens with zero attached hydrogens (tertiary/aromatic N) is 4. The smallest absolute Gasteiger partial charge is 0.225 e. The molecule has 2 aromatic heterocycles. The summed E-state index contributed by atoms with van der Waals surface area (Å²) in [6, 6.07) is 0. The highest BCUT2D eigenvalue weighted by atomic mass is 16.1. The van der Waals surface area contributed by atoms with E-state index in [1.54, 1.807) is 6.20 Å². The maximum absolute atomic E-state index is 11.6. The van der Waals surface area contributed by atoms with E-state index in [0.29, 0.717) is 6.54 Å². The summed E-state index contributed by atoms with van der Waals surface area (Å²) >= 11 is 0. The standard InChI is InChI=1S/C13H18N6O/c1-13(12(14)20)3-5-19(8-13)11-10-16-4-6-18(10)7-9(15-2)17-11/h4,6-7,15H,3,5,8H2,1-2H3,(H2,14,20). The second kappa shape index (κ2) is 4.36. The molecule has 3 N–H and O–H groups in total. The predicted molar refractivity (Wildman–Crippen MR) is 76.7 cm³/mol. The van der Waals surface area contributed by atoms with Crippen molar-refractivity contribution in [2.24, 2.45) is 11.1 Å². The summed E-state index contributed by atoms with van der Waals surface area (Å²) in [5.74, 6) is 1.29. The molecular formula is C13H18N6O. The third-order valence-electron chi connectivity index (χ3n) is 3.98. The molecule has 0 spiro atoms. The van der Waals surface area contributed by atoms with Crippen LogP contribution in [0.3, 0.4) is 0 Å². The zero-order chi connectivity index (χ0) is 14.3. The lowest BCUT2D eigenvalue weighted by atomic mass is 9.89. The molecule has 1 aliphatic rings. The highest BCUT2D eigenvalue weighted by Gasteiger charge is 2.40. The molecule has 3 heterocycles. The Morgan fingerprint density at radius 3 is 3.00 bits per heavy atom. The average Bonchev–Trinajstić information content (AvgIpc) is 3.04. The summed E-state index contributed by atoms with van der Waals surface area (Å²) < 4.78 is 1.92. The second-order valence-corrected chi connectivity index (χ2v) is 5.45. The van der Waals surface area contributed by atoms with Gasteiger partial charge in [0, 0.05) is 32.5 Å². The number of carbonyl (C=O) groups is 1. The van der Waals surface area contributed by atoms with E-state index >= 15 is 0 Å². The summed E-state index contributed by atoms with van der Waals surface area (Å²) in [4.78, 5) is 22.6. The van der Waals surface area contributed by atoms with E-state index in [1.165, 1.54) is 0 Å². The lowest BCUT2D eigenvalue weighted by Crippen LogP contribution is -2.37. The maximum atomic E-state index is 11.6. The first-order chi connectivity index (χ1) is 9.53. The Labute approximate surface area is 116 Å². The lowest BCUT2D eigenvalue weighted by Gasteiger charge is -2.22. The Bertz CT molecular complexity index is 666. The number of nitrogens with two attached hydrogens (primary N) is 1. The number of hydrogen-bond donors (Lipinski definition) is 2. The van der Waals surface area contributed by atoms with Gasteiger partial charge in [-0.05, 0) is 13.3 Å². The van der Waals surface area contributed by atoms with Crippen molar-refractivity contribution in [2.45, 2.75) is 13.3 Å². The first-order valence-corrected chi connectivity index (χ1v) is 6.60. The van der Waals surface area contributed by atoms with Crippen molar-refractivity contribution in [1.29, 1.82) is 0 Å². The van der Waals surface area contributed by atoms with Crippen LogP contribution < -0.4 is 16.0 Å². The van der Waals surface area contributed by atoms with Crippen LogP contribution in [0.4, 0.5) is 11.6 Å². The van der Waals surface area contributed by atoms with Gasteiger partial charge in [0.15, 0.2) is 11.5 Å². The molecule has 0 radical (unpaired) electrons. The van der Waals surface area contributed by atoms with Crippen LogP contribution in [0.1, 0.15) is 13.3 Å². The third kappa shape index (κ3) is 1.86. The van der Waals surface area contributed by atoms with Crippen molar-refractivity contribution in [3.63, 3.8) is 0 Å². The van der Waals surface area contributed by atoms with Gasteiger partial charge in [-0.1, -0.05) is 0 Å². The first kappa shape index (κ1) is 12.7. The number of nitrogens with one attached hydrogen (secondary N) is 1. The summed E-state index contributed by atoms with van der Waals surface area (Å²) in [7, 11) is 1.83. The zero-order valence-corrected chi connectivity index (χ0v) is 11.6. The molecule has 0 aromatic carbocycles. The number of hydrogen-bond acceptors (Lipinski definition) is 5. The minimum Gasteiger partial charge on any atom is -0.372 e. The van der Waals surface area contributed by atoms with E-state index < -0.39 is 5.41 Å². The quantitative estimate of drug-likeness (QED) is 0.849. The molecule has 1 fully saturated rings. The molecule has 0 bridgehead atoms. The number of aromatic nitrogens is 3. The Balaban J connectivity index is 2.02. The van der Waals surface area contributed by atoms with Crippen LogP contribution >= 0.6 is 0 Å². The van der Waals surface area contributed by atoms with Gasteiger partial charge < -0.3 is 20.4 Å². The number of rotatable bonds is 3. The largest absolute Gasteiger partial charge is 0.372 e. The van der Waals surface area contributed by atoms with Crippen LogP contribution in [-0.2, 0) is 4.79 Å². The molecule has 2 aromatic rings. The fourth-order valence-corrected chi connectivity index (χ4v) is 2.59. The number of carbonyl (C=O) groups excluding carboxylic acids is 1. The van der Waals surface area contributed by atoms with Crippen LogP contribution in [0.5, 0.6) is 0 Å². The number of imidazole rings is 1. The molecule has 0 aliphatic carbocycles. The van der Waals surface area contributed by atoms with Gasteiger partial charge in [-0.2, -0.15) is 0 Å². The van der Waals surface area contributed by atoms with E-state index in [1.807, 2.05) is 30.8 Å². The van der Waals surface area contributed by atoms with E-state index in [9.17, 15) is 4.79 Å². The molecule has 0 saturated carbocycles. The number of anilines is 2. The Hall–Kier alpha value is -2.31. The van der Waals surface area contributed by atoms with Crippen LogP contribution in [0.2, 0.25) is 0 Å². The number of amides is 1. The van der Waals surface area contributed by atoms with E-state index in [0.717, 1.165) is 30.2 Å². The van der Waals surface area contributed by atoms with E-state index in [4.69, 9.17) is 5.73 Å². The number of primary amides is 1. The molecule has 1 saturated heterocycles. The molecule has 1 unspecified atom stereocenters.